The number of benzene rings is 1. The van der Waals surface area contributed by atoms with Crippen LogP contribution < -0.4 is 5.32 Å². The lowest BCUT2D eigenvalue weighted by atomic mass is 10.1. The fraction of sp³-hybridized carbons (Fsp3) is 0.455. The number of aryl methyl sites for hydroxylation is 1. The van der Waals surface area contributed by atoms with Crippen molar-refractivity contribution in [1.82, 2.24) is 4.31 Å². The van der Waals surface area contributed by atoms with Gasteiger partial charge in [0, 0.05) is 23.5 Å². The number of sulfonamides is 1. The van der Waals surface area contributed by atoms with Gasteiger partial charge in [-0.2, -0.15) is 4.31 Å². The molecule has 3 rings (SSSR count). The molecule has 2 heterocycles. The molecular formula is C22H28N2O6S2. The quantitative estimate of drug-likeness (QED) is 0.634. The molecule has 2 atom stereocenters. The van der Waals surface area contributed by atoms with Gasteiger partial charge >= 0.3 is 5.97 Å². The van der Waals surface area contributed by atoms with E-state index in [0.717, 1.165) is 10.4 Å². The number of nitrogens with one attached hydrogen (secondary N) is 1. The summed E-state index contributed by atoms with van der Waals surface area (Å²) in [5, 5.41) is 3.18. The summed E-state index contributed by atoms with van der Waals surface area (Å²) < 4.78 is 38.1. The van der Waals surface area contributed by atoms with E-state index in [9.17, 15) is 18.0 Å². The van der Waals surface area contributed by atoms with Crippen LogP contribution in [0.2, 0.25) is 0 Å². The topological polar surface area (TPSA) is 102 Å². The SMILES string of the molecule is CCOC(=O)c1c(NC(=O)c2ccc(S(=O)(=O)N3C[C@@H](C)O[C@@H](C)C3)cc2)sc(C)c1C. The first kappa shape index (κ1) is 24.4. The zero-order valence-electron chi connectivity index (χ0n) is 18.8. The number of nitrogens with zero attached hydrogens (tertiary/aromatic N) is 1. The Morgan fingerprint density at radius 2 is 1.75 bits per heavy atom. The van der Waals surface area contributed by atoms with Crippen molar-refractivity contribution < 1.29 is 27.5 Å². The summed E-state index contributed by atoms with van der Waals surface area (Å²) in [4.78, 5) is 26.1. The molecule has 1 aliphatic heterocycles. The summed E-state index contributed by atoms with van der Waals surface area (Å²) in [6, 6.07) is 5.78. The predicted molar refractivity (Wildman–Crippen MR) is 123 cm³/mol. The number of ether oxygens (including phenoxy) is 2. The molecule has 174 valence electrons. The maximum absolute atomic E-state index is 13.0. The Kier molecular flexibility index (Phi) is 7.39. The van der Waals surface area contributed by atoms with Gasteiger partial charge in [0.15, 0.2) is 0 Å². The molecule has 10 heteroatoms. The molecule has 1 N–H and O–H groups in total. The fourth-order valence-corrected chi connectivity index (χ4v) is 6.23. The molecule has 1 fully saturated rings. The Morgan fingerprint density at radius 3 is 2.31 bits per heavy atom. The molecule has 0 aliphatic carbocycles. The third kappa shape index (κ3) is 5.03. The van der Waals surface area contributed by atoms with Crippen molar-refractivity contribution in [3.63, 3.8) is 0 Å². The fourth-order valence-electron chi connectivity index (χ4n) is 3.59. The van der Waals surface area contributed by atoms with Crippen LogP contribution in [0, 0.1) is 13.8 Å². The van der Waals surface area contributed by atoms with Gasteiger partial charge in [0.1, 0.15) is 5.00 Å². The van der Waals surface area contributed by atoms with E-state index in [1.807, 2.05) is 20.8 Å². The van der Waals surface area contributed by atoms with Crippen molar-refractivity contribution in [3.8, 4) is 0 Å². The summed E-state index contributed by atoms with van der Waals surface area (Å²) in [6.45, 7) is 9.86. The van der Waals surface area contributed by atoms with Crippen molar-refractivity contribution in [2.45, 2.75) is 51.7 Å². The number of thiophene rings is 1. The highest BCUT2D eigenvalue weighted by Gasteiger charge is 2.32. The smallest absolute Gasteiger partial charge is 0.341 e. The summed E-state index contributed by atoms with van der Waals surface area (Å²) in [7, 11) is -3.69. The number of carbonyl (C=O) groups excluding carboxylic acids is 2. The number of morpholine rings is 1. The van der Waals surface area contributed by atoms with E-state index in [0.29, 0.717) is 10.6 Å². The van der Waals surface area contributed by atoms with E-state index in [-0.39, 0.29) is 42.4 Å². The number of amides is 1. The first-order chi connectivity index (χ1) is 15.0. The first-order valence-electron chi connectivity index (χ1n) is 10.4. The Morgan fingerprint density at radius 1 is 1.16 bits per heavy atom. The van der Waals surface area contributed by atoms with Crippen LogP contribution in [0.5, 0.6) is 0 Å². The summed E-state index contributed by atoms with van der Waals surface area (Å²) >= 11 is 1.30. The normalized spacial score (nSPS) is 19.5. The molecule has 8 nitrogen and oxygen atoms in total. The second-order valence-corrected chi connectivity index (χ2v) is 10.9. The Bertz CT molecular complexity index is 1100. The number of carbonyl (C=O) groups is 2. The van der Waals surface area contributed by atoms with Crippen LogP contribution in [0.3, 0.4) is 0 Å². The number of anilines is 1. The molecule has 0 radical (unpaired) electrons. The van der Waals surface area contributed by atoms with E-state index in [4.69, 9.17) is 9.47 Å². The molecule has 1 amide bonds. The average molecular weight is 481 g/mol. The van der Waals surface area contributed by atoms with Crippen LogP contribution >= 0.6 is 11.3 Å². The second kappa shape index (κ2) is 9.70. The monoisotopic (exact) mass is 480 g/mol. The van der Waals surface area contributed by atoms with Crippen LogP contribution in [-0.4, -0.2) is 56.5 Å². The van der Waals surface area contributed by atoms with E-state index in [1.165, 1.54) is 39.9 Å². The van der Waals surface area contributed by atoms with Gasteiger partial charge in [0.2, 0.25) is 10.0 Å². The standard InChI is InChI=1S/C22H28N2O6S2/c1-6-29-22(26)19-15(4)16(5)31-21(19)23-20(25)17-7-9-18(10-8-17)32(27,28)24-11-13(2)30-14(3)12-24/h7-10,13-14H,6,11-12H2,1-5H3,(H,23,25)/t13-,14+. The number of rotatable bonds is 6. The highest BCUT2D eigenvalue weighted by Crippen LogP contribution is 2.33. The van der Waals surface area contributed by atoms with Gasteiger partial charge in [-0.05, 0) is 64.4 Å². The highest BCUT2D eigenvalue weighted by molar-refractivity contribution is 7.89. The molecular weight excluding hydrogens is 452 g/mol. The third-order valence-corrected chi connectivity index (χ3v) is 8.20. The molecule has 1 aliphatic rings. The molecule has 0 unspecified atom stereocenters. The molecule has 1 aromatic carbocycles. The van der Waals surface area contributed by atoms with Gasteiger partial charge in [-0.25, -0.2) is 13.2 Å². The zero-order chi connectivity index (χ0) is 23.6. The van der Waals surface area contributed by atoms with E-state index in [2.05, 4.69) is 5.32 Å². The first-order valence-corrected chi connectivity index (χ1v) is 12.6. The largest absolute Gasteiger partial charge is 0.462 e. The maximum atomic E-state index is 13.0. The Hall–Kier alpha value is -2.27. The number of hydrogen-bond donors (Lipinski definition) is 1. The van der Waals surface area contributed by atoms with Gasteiger partial charge in [0.05, 0.1) is 29.3 Å². The van der Waals surface area contributed by atoms with Crippen LogP contribution in [0.25, 0.3) is 0 Å². The van der Waals surface area contributed by atoms with E-state index in [1.54, 1.807) is 13.8 Å². The van der Waals surface area contributed by atoms with Gasteiger partial charge in [-0.15, -0.1) is 11.3 Å². The molecule has 32 heavy (non-hydrogen) atoms. The molecule has 2 aromatic rings. The lowest BCUT2D eigenvalue weighted by molar-refractivity contribution is -0.0440. The van der Waals surface area contributed by atoms with Crippen LogP contribution in [0.1, 0.15) is 51.9 Å². The number of esters is 1. The van der Waals surface area contributed by atoms with E-state index < -0.39 is 21.9 Å². The van der Waals surface area contributed by atoms with Gasteiger partial charge in [-0.1, -0.05) is 0 Å². The molecule has 0 saturated carbocycles. The summed E-state index contributed by atoms with van der Waals surface area (Å²) in [6.07, 6.45) is -0.380. The average Bonchev–Trinajstić information content (AvgIpc) is 3.00. The summed E-state index contributed by atoms with van der Waals surface area (Å²) in [5.74, 6) is -0.922. The lowest BCUT2D eigenvalue weighted by Crippen LogP contribution is -2.48. The minimum absolute atomic E-state index is 0.116. The van der Waals surface area contributed by atoms with Crippen molar-refractivity contribution in [3.05, 3.63) is 45.8 Å². The summed E-state index contributed by atoms with van der Waals surface area (Å²) in [5.41, 5.74) is 1.39. The minimum atomic E-state index is -3.69. The van der Waals surface area contributed by atoms with Crippen LogP contribution in [0.15, 0.2) is 29.2 Å². The lowest BCUT2D eigenvalue weighted by Gasteiger charge is -2.34. The molecule has 1 aromatic heterocycles. The van der Waals surface area contributed by atoms with Gasteiger partial charge < -0.3 is 14.8 Å². The van der Waals surface area contributed by atoms with Crippen LogP contribution in [0.4, 0.5) is 5.00 Å². The highest BCUT2D eigenvalue weighted by atomic mass is 32.2. The zero-order valence-corrected chi connectivity index (χ0v) is 20.4. The molecule has 1 saturated heterocycles. The second-order valence-electron chi connectivity index (χ2n) is 7.77. The minimum Gasteiger partial charge on any atom is -0.462 e. The van der Waals surface area contributed by atoms with E-state index >= 15 is 0 Å². The van der Waals surface area contributed by atoms with Crippen molar-refractivity contribution >= 4 is 38.2 Å². The Labute approximate surface area is 192 Å². The number of hydrogen-bond acceptors (Lipinski definition) is 7. The maximum Gasteiger partial charge on any atom is 0.341 e. The van der Waals surface area contributed by atoms with Crippen LogP contribution in [-0.2, 0) is 19.5 Å². The van der Waals surface area contributed by atoms with Crippen molar-refractivity contribution in [2.24, 2.45) is 0 Å². The predicted octanol–water partition coefficient (Wildman–Crippen LogP) is 3.59. The van der Waals surface area contributed by atoms with Crippen molar-refractivity contribution in [2.75, 3.05) is 25.0 Å². The molecule has 0 bridgehead atoms. The van der Waals surface area contributed by atoms with Gasteiger partial charge in [-0.3, -0.25) is 4.79 Å². The Balaban J connectivity index is 1.79. The molecule has 0 spiro atoms. The van der Waals surface area contributed by atoms with Crippen molar-refractivity contribution in [1.29, 1.82) is 0 Å². The van der Waals surface area contributed by atoms with Gasteiger partial charge in [0.25, 0.3) is 5.91 Å². The third-order valence-electron chi connectivity index (χ3n) is 5.23.